The molecule has 2 aromatic carbocycles. The van der Waals surface area contributed by atoms with E-state index in [9.17, 15) is 13.6 Å². The number of hydrogen-bond donors (Lipinski definition) is 0. The summed E-state index contributed by atoms with van der Waals surface area (Å²) in [6.45, 7) is 0. The van der Waals surface area contributed by atoms with Gasteiger partial charge in [0.2, 0.25) is 6.08 Å². The second-order valence-electron chi connectivity index (χ2n) is 3.50. The Morgan fingerprint density at radius 2 is 1.94 bits per heavy atom. The van der Waals surface area contributed by atoms with Crippen LogP contribution < -0.4 is 0 Å². The molecule has 0 aliphatic rings. The van der Waals surface area contributed by atoms with E-state index in [4.69, 9.17) is 11.6 Å². The smallest absolute Gasteiger partial charge is 0.211 e. The van der Waals surface area contributed by atoms with E-state index in [1.807, 2.05) is 0 Å². The Morgan fingerprint density at radius 1 is 1.17 bits per heavy atom. The molecule has 0 bridgehead atoms. The molecule has 0 unspecified atom stereocenters. The van der Waals surface area contributed by atoms with Gasteiger partial charge in [-0.3, -0.25) is 0 Å². The molecule has 18 heavy (non-hydrogen) atoms. The van der Waals surface area contributed by atoms with Crippen molar-refractivity contribution in [3.8, 4) is 11.1 Å². The fourth-order valence-electron chi connectivity index (χ4n) is 1.60. The first kappa shape index (κ1) is 12.4. The number of aliphatic imine (C=N–C) groups is 1. The lowest BCUT2D eigenvalue weighted by Crippen LogP contribution is -1.87. The average molecular weight is 266 g/mol. The highest BCUT2D eigenvalue weighted by Crippen LogP contribution is 2.34. The number of hydrogen-bond acceptors (Lipinski definition) is 2. The highest BCUT2D eigenvalue weighted by molar-refractivity contribution is 6.30. The summed E-state index contributed by atoms with van der Waals surface area (Å²) >= 11 is 5.81. The number of nitrogens with zero attached hydrogens (tertiary/aromatic N) is 1. The predicted octanol–water partition coefficient (Wildman–Crippen LogP) is 4.25. The maximum atomic E-state index is 13.5. The minimum Gasteiger partial charge on any atom is -0.211 e. The molecule has 2 aromatic rings. The van der Waals surface area contributed by atoms with Gasteiger partial charge < -0.3 is 0 Å². The fourth-order valence-corrected chi connectivity index (χ4v) is 1.79. The van der Waals surface area contributed by atoms with Crippen LogP contribution >= 0.6 is 11.6 Å². The molecule has 0 radical (unpaired) electrons. The quantitative estimate of drug-likeness (QED) is 0.589. The van der Waals surface area contributed by atoms with Gasteiger partial charge in [0, 0.05) is 16.7 Å². The van der Waals surface area contributed by atoms with Gasteiger partial charge in [0.1, 0.15) is 11.5 Å². The van der Waals surface area contributed by atoms with Crippen molar-refractivity contribution in [3.63, 3.8) is 0 Å². The Labute approximate surface area is 107 Å². The van der Waals surface area contributed by atoms with Gasteiger partial charge in [-0.2, -0.15) is 4.99 Å². The van der Waals surface area contributed by atoms with Gasteiger partial charge in [0.05, 0.1) is 0 Å². The van der Waals surface area contributed by atoms with E-state index in [2.05, 4.69) is 4.99 Å². The average Bonchev–Trinajstić information content (AvgIpc) is 2.32. The standard InChI is InChI=1S/C13H6ClF2NO/c14-9-3-1-2-8(4-9)11-5-10(15)6-12(16)13(11)17-7-18/h1-6H. The third-order valence-electron chi connectivity index (χ3n) is 2.32. The van der Waals surface area contributed by atoms with Crippen LogP contribution in [0.5, 0.6) is 0 Å². The first-order chi connectivity index (χ1) is 8.61. The summed E-state index contributed by atoms with van der Waals surface area (Å²) in [5.41, 5.74) is 0.363. The van der Waals surface area contributed by atoms with Gasteiger partial charge in [-0.15, -0.1) is 0 Å². The van der Waals surface area contributed by atoms with Crippen LogP contribution in [0.1, 0.15) is 0 Å². The monoisotopic (exact) mass is 265 g/mol. The molecule has 0 aliphatic carbocycles. The molecule has 0 saturated carbocycles. The second-order valence-corrected chi connectivity index (χ2v) is 3.93. The van der Waals surface area contributed by atoms with E-state index >= 15 is 0 Å². The zero-order valence-electron chi connectivity index (χ0n) is 8.95. The highest BCUT2D eigenvalue weighted by atomic mass is 35.5. The van der Waals surface area contributed by atoms with Crippen LogP contribution in [0.4, 0.5) is 14.5 Å². The first-order valence-corrected chi connectivity index (χ1v) is 5.32. The number of isocyanates is 1. The highest BCUT2D eigenvalue weighted by Gasteiger charge is 2.12. The van der Waals surface area contributed by atoms with Crippen molar-refractivity contribution in [3.05, 3.63) is 53.1 Å². The molecular formula is C13H6ClF2NO. The van der Waals surface area contributed by atoms with Crippen molar-refractivity contribution in [2.45, 2.75) is 0 Å². The van der Waals surface area contributed by atoms with Crippen LogP contribution in [0, 0.1) is 11.6 Å². The molecule has 0 aliphatic heterocycles. The van der Waals surface area contributed by atoms with Gasteiger partial charge in [0.25, 0.3) is 0 Å². The second kappa shape index (κ2) is 5.08. The van der Waals surface area contributed by atoms with E-state index in [1.54, 1.807) is 18.2 Å². The zero-order valence-corrected chi connectivity index (χ0v) is 9.71. The van der Waals surface area contributed by atoms with Crippen molar-refractivity contribution < 1.29 is 13.6 Å². The van der Waals surface area contributed by atoms with Crippen molar-refractivity contribution in [1.29, 1.82) is 0 Å². The topological polar surface area (TPSA) is 29.4 Å². The van der Waals surface area contributed by atoms with Crippen LogP contribution in [-0.2, 0) is 4.79 Å². The summed E-state index contributed by atoms with van der Waals surface area (Å²) in [6.07, 6.45) is 1.25. The Kier molecular flexibility index (Phi) is 3.51. The molecule has 0 fully saturated rings. The predicted molar refractivity (Wildman–Crippen MR) is 64.6 cm³/mol. The zero-order chi connectivity index (χ0) is 13.1. The van der Waals surface area contributed by atoms with Gasteiger partial charge in [0.15, 0.2) is 5.82 Å². The summed E-state index contributed by atoms with van der Waals surface area (Å²) in [5.74, 6) is -1.68. The summed E-state index contributed by atoms with van der Waals surface area (Å²) < 4.78 is 26.8. The van der Waals surface area contributed by atoms with Crippen molar-refractivity contribution in [2.75, 3.05) is 0 Å². The number of carbonyl (C=O) groups excluding carboxylic acids is 1. The fraction of sp³-hybridized carbons (Fsp3) is 0. The van der Waals surface area contributed by atoms with Crippen LogP contribution in [0.2, 0.25) is 5.02 Å². The number of rotatable bonds is 2. The molecule has 2 nitrogen and oxygen atoms in total. The summed E-state index contributed by atoms with van der Waals surface area (Å²) in [6, 6.07) is 8.15. The molecule has 0 saturated heterocycles. The lowest BCUT2D eigenvalue weighted by atomic mass is 10.0. The first-order valence-electron chi connectivity index (χ1n) is 4.94. The third kappa shape index (κ3) is 2.45. The Balaban J connectivity index is 2.73. The lowest BCUT2D eigenvalue weighted by molar-refractivity contribution is 0.563. The van der Waals surface area contributed by atoms with E-state index in [0.29, 0.717) is 16.7 Å². The normalized spacial score (nSPS) is 9.94. The van der Waals surface area contributed by atoms with Crippen LogP contribution in [-0.4, -0.2) is 6.08 Å². The summed E-state index contributed by atoms with van der Waals surface area (Å²) in [4.78, 5) is 13.5. The largest absolute Gasteiger partial charge is 0.240 e. The van der Waals surface area contributed by atoms with Crippen LogP contribution in [0.25, 0.3) is 11.1 Å². The van der Waals surface area contributed by atoms with Crippen LogP contribution in [0.15, 0.2) is 41.4 Å². The van der Waals surface area contributed by atoms with Gasteiger partial charge in [-0.05, 0) is 23.8 Å². The number of benzene rings is 2. The van der Waals surface area contributed by atoms with E-state index in [0.717, 1.165) is 6.07 Å². The molecule has 0 amide bonds. The maximum Gasteiger partial charge on any atom is 0.240 e. The third-order valence-corrected chi connectivity index (χ3v) is 2.56. The van der Waals surface area contributed by atoms with E-state index in [1.165, 1.54) is 12.1 Å². The van der Waals surface area contributed by atoms with Crippen LogP contribution in [0.3, 0.4) is 0 Å². The lowest BCUT2D eigenvalue weighted by Gasteiger charge is -2.06. The number of halogens is 3. The molecule has 5 heteroatoms. The van der Waals surface area contributed by atoms with Gasteiger partial charge in [-0.1, -0.05) is 23.7 Å². The molecule has 0 spiro atoms. The Morgan fingerprint density at radius 3 is 2.61 bits per heavy atom. The Hall–Kier alpha value is -2.03. The summed E-state index contributed by atoms with van der Waals surface area (Å²) in [5, 5.41) is 0.415. The van der Waals surface area contributed by atoms with E-state index < -0.39 is 11.6 Å². The molecule has 0 aromatic heterocycles. The van der Waals surface area contributed by atoms with Crippen molar-refractivity contribution in [2.24, 2.45) is 4.99 Å². The minimum absolute atomic E-state index is 0.151. The molecule has 2 rings (SSSR count). The molecule has 0 atom stereocenters. The van der Waals surface area contributed by atoms with Crippen molar-refractivity contribution >= 4 is 23.4 Å². The molecule has 0 heterocycles. The maximum absolute atomic E-state index is 13.5. The minimum atomic E-state index is -0.923. The molecular weight excluding hydrogens is 260 g/mol. The van der Waals surface area contributed by atoms with Crippen molar-refractivity contribution in [1.82, 2.24) is 0 Å². The van der Waals surface area contributed by atoms with Gasteiger partial charge >= 0.3 is 0 Å². The molecule has 0 N–H and O–H groups in total. The van der Waals surface area contributed by atoms with E-state index in [-0.39, 0.29) is 11.3 Å². The van der Waals surface area contributed by atoms with Gasteiger partial charge in [-0.25, -0.2) is 13.6 Å². The summed E-state index contributed by atoms with van der Waals surface area (Å²) in [7, 11) is 0. The Bertz CT molecular complexity index is 651. The SMILES string of the molecule is O=C=Nc1c(F)cc(F)cc1-c1cccc(Cl)c1. The molecule has 90 valence electrons.